The molecule has 0 saturated heterocycles. The molecular weight excluding hydrogens is 252 g/mol. The summed E-state index contributed by atoms with van der Waals surface area (Å²) in [7, 11) is 0. The number of hydrogen-bond donors (Lipinski definition) is 0. The van der Waals surface area contributed by atoms with Crippen molar-refractivity contribution in [1.82, 2.24) is 19.6 Å². The highest BCUT2D eigenvalue weighted by atomic mass is 35.5. The molecule has 1 aliphatic rings. The molecule has 2 aromatic heterocycles. The highest BCUT2D eigenvalue weighted by Gasteiger charge is 2.21. The maximum atomic E-state index is 6.01. The van der Waals surface area contributed by atoms with Crippen molar-refractivity contribution in [3.8, 4) is 5.88 Å². The molecule has 0 amide bonds. The van der Waals surface area contributed by atoms with Gasteiger partial charge in [-0.15, -0.1) is 0 Å². The van der Waals surface area contributed by atoms with Gasteiger partial charge in [0.2, 0.25) is 5.88 Å². The molecule has 5 nitrogen and oxygen atoms in total. The van der Waals surface area contributed by atoms with Gasteiger partial charge in [0.1, 0.15) is 17.6 Å². The van der Waals surface area contributed by atoms with Crippen molar-refractivity contribution in [1.29, 1.82) is 0 Å². The first-order chi connectivity index (χ1) is 8.72. The summed E-state index contributed by atoms with van der Waals surface area (Å²) in [5.74, 6) is 1.82. The average molecular weight is 267 g/mol. The summed E-state index contributed by atoms with van der Waals surface area (Å²) >= 11 is 5.95. The maximum Gasteiger partial charge on any atom is 0.256 e. The monoisotopic (exact) mass is 266 g/mol. The molecule has 0 spiro atoms. The first-order valence-corrected chi connectivity index (χ1v) is 6.63. The van der Waals surface area contributed by atoms with Crippen molar-refractivity contribution in [2.75, 3.05) is 0 Å². The highest BCUT2D eigenvalue weighted by Crippen LogP contribution is 2.28. The Hall–Kier alpha value is -1.36. The standard InChI is InChI=1S/C12H15ClN4O/c1-8-3-2-4-9(5-8)18-11-6-10(13)16-12-14-7-15-17(11)12/h6-9H,2-5H2,1H3. The van der Waals surface area contributed by atoms with Crippen molar-refractivity contribution in [2.24, 2.45) is 5.92 Å². The highest BCUT2D eigenvalue weighted by molar-refractivity contribution is 6.29. The van der Waals surface area contributed by atoms with E-state index in [1.54, 1.807) is 10.6 Å². The van der Waals surface area contributed by atoms with Crippen molar-refractivity contribution in [2.45, 2.75) is 38.7 Å². The van der Waals surface area contributed by atoms with Gasteiger partial charge in [-0.3, -0.25) is 0 Å². The van der Waals surface area contributed by atoms with Crippen LogP contribution in [0.3, 0.4) is 0 Å². The van der Waals surface area contributed by atoms with Gasteiger partial charge in [0.05, 0.1) is 0 Å². The van der Waals surface area contributed by atoms with Crippen LogP contribution in [0.15, 0.2) is 12.4 Å². The third-order valence-electron chi connectivity index (χ3n) is 3.36. The molecule has 6 heteroatoms. The zero-order chi connectivity index (χ0) is 12.5. The van der Waals surface area contributed by atoms with Gasteiger partial charge in [-0.25, -0.2) is 0 Å². The minimum absolute atomic E-state index is 0.236. The summed E-state index contributed by atoms with van der Waals surface area (Å²) in [6.07, 6.45) is 6.35. The van der Waals surface area contributed by atoms with E-state index in [9.17, 15) is 0 Å². The fourth-order valence-corrected chi connectivity index (χ4v) is 2.67. The van der Waals surface area contributed by atoms with E-state index in [4.69, 9.17) is 16.3 Å². The van der Waals surface area contributed by atoms with Crippen LogP contribution < -0.4 is 4.74 Å². The van der Waals surface area contributed by atoms with E-state index in [-0.39, 0.29) is 6.10 Å². The van der Waals surface area contributed by atoms with Gasteiger partial charge in [0.25, 0.3) is 5.78 Å². The van der Waals surface area contributed by atoms with Gasteiger partial charge in [-0.1, -0.05) is 24.9 Å². The molecule has 1 fully saturated rings. The van der Waals surface area contributed by atoms with E-state index in [0.29, 0.717) is 22.7 Å². The Morgan fingerprint density at radius 2 is 2.33 bits per heavy atom. The van der Waals surface area contributed by atoms with Crippen LogP contribution in [0.1, 0.15) is 32.6 Å². The first-order valence-electron chi connectivity index (χ1n) is 6.25. The molecule has 2 unspecified atom stereocenters. The topological polar surface area (TPSA) is 52.3 Å². The van der Waals surface area contributed by atoms with Crippen molar-refractivity contribution in [3.05, 3.63) is 17.5 Å². The predicted molar refractivity (Wildman–Crippen MR) is 67.8 cm³/mol. The van der Waals surface area contributed by atoms with Crippen LogP contribution >= 0.6 is 11.6 Å². The molecule has 3 rings (SSSR count). The smallest absolute Gasteiger partial charge is 0.256 e. The quantitative estimate of drug-likeness (QED) is 0.785. The Labute approximate surface area is 110 Å². The second kappa shape index (κ2) is 4.72. The lowest BCUT2D eigenvalue weighted by molar-refractivity contribution is 0.121. The molecule has 0 aliphatic heterocycles. The normalized spacial score (nSPS) is 24.3. The molecule has 0 radical (unpaired) electrons. The van der Waals surface area contributed by atoms with Crippen LogP contribution in [0.5, 0.6) is 5.88 Å². The van der Waals surface area contributed by atoms with Crippen LogP contribution in [-0.4, -0.2) is 25.7 Å². The minimum Gasteiger partial charge on any atom is -0.474 e. The molecule has 2 aromatic rings. The van der Waals surface area contributed by atoms with Crippen LogP contribution in [0, 0.1) is 5.92 Å². The summed E-state index contributed by atoms with van der Waals surface area (Å²) < 4.78 is 7.60. The summed E-state index contributed by atoms with van der Waals surface area (Å²) in [5.41, 5.74) is 0. The van der Waals surface area contributed by atoms with Gasteiger partial charge < -0.3 is 4.74 Å². The lowest BCUT2D eigenvalue weighted by Crippen LogP contribution is -2.25. The number of rotatable bonds is 2. The number of ether oxygens (including phenoxy) is 1. The van der Waals surface area contributed by atoms with Gasteiger partial charge in [-0.2, -0.15) is 19.6 Å². The van der Waals surface area contributed by atoms with Gasteiger partial charge in [0, 0.05) is 6.07 Å². The average Bonchev–Trinajstić information content (AvgIpc) is 2.77. The van der Waals surface area contributed by atoms with Crippen molar-refractivity contribution in [3.63, 3.8) is 0 Å². The predicted octanol–water partition coefficient (Wildman–Crippen LogP) is 2.74. The largest absolute Gasteiger partial charge is 0.474 e. The Kier molecular flexibility index (Phi) is 3.07. The molecule has 0 aromatic carbocycles. The Morgan fingerprint density at radius 3 is 3.17 bits per heavy atom. The summed E-state index contributed by atoms with van der Waals surface area (Å²) in [4.78, 5) is 8.10. The number of nitrogens with zero attached hydrogens (tertiary/aromatic N) is 4. The Morgan fingerprint density at radius 1 is 1.44 bits per heavy atom. The lowest BCUT2D eigenvalue weighted by atomic mass is 9.89. The molecule has 0 N–H and O–H groups in total. The maximum absolute atomic E-state index is 6.01. The molecule has 2 atom stereocenters. The summed E-state index contributed by atoms with van der Waals surface area (Å²) in [6.45, 7) is 2.26. The minimum atomic E-state index is 0.236. The first kappa shape index (κ1) is 11.7. The molecule has 1 aliphatic carbocycles. The summed E-state index contributed by atoms with van der Waals surface area (Å²) in [5, 5.41) is 4.49. The van der Waals surface area contributed by atoms with E-state index in [1.165, 1.54) is 19.2 Å². The SMILES string of the molecule is CC1CCCC(Oc2cc(Cl)nc3ncnn23)C1. The third-order valence-corrected chi connectivity index (χ3v) is 3.56. The van der Waals surface area contributed by atoms with Crippen LogP contribution in [0.4, 0.5) is 0 Å². The van der Waals surface area contributed by atoms with E-state index in [2.05, 4.69) is 22.0 Å². The molecule has 18 heavy (non-hydrogen) atoms. The molecule has 1 saturated carbocycles. The van der Waals surface area contributed by atoms with E-state index < -0.39 is 0 Å². The van der Waals surface area contributed by atoms with Crippen molar-refractivity contribution < 1.29 is 4.74 Å². The van der Waals surface area contributed by atoms with Gasteiger partial charge in [0.15, 0.2) is 0 Å². The lowest BCUT2D eigenvalue weighted by Gasteiger charge is -2.27. The number of fused-ring (bicyclic) bond motifs is 1. The summed E-state index contributed by atoms with van der Waals surface area (Å²) in [6, 6.07) is 1.70. The number of hydrogen-bond acceptors (Lipinski definition) is 4. The van der Waals surface area contributed by atoms with E-state index in [0.717, 1.165) is 12.8 Å². The van der Waals surface area contributed by atoms with Crippen LogP contribution in [0.25, 0.3) is 5.78 Å². The molecular formula is C12H15ClN4O. The van der Waals surface area contributed by atoms with E-state index in [1.807, 2.05) is 0 Å². The molecule has 2 heterocycles. The number of halogens is 1. The van der Waals surface area contributed by atoms with E-state index >= 15 is 0 Å². The van der Waals surface area contributed by atoms with Crippen LogP contribution in [0.2, 0.25) is 5.15 Å². The van der Waals surface area contributed by atoms with Gasteiger partial charge >= 0.3 is 0 Å². The van der Waals surface area contributed by atoms with Gasteiger partial charge in [-0.05, 0) is 25.2 Å². The fraction of sp³-hybridized carbons (Fsp3) is 0.583. The van der Waals surface area contributed by atoms with Crippen molar-refractivity contribution >= 4 is 17.4 Å². The fourth-order valence-electron chi connectivity index (χ4n) is 2.50. The molecule has 0 bridgehead atoms. The van der Waals surface area contributed by atoms with Crippen LogP contribution in [-0.2, 0) is 0 Å². The zero-order valence-corrected chi connectivity index (χ0v) is 11.0. The Balaban J connectivity index is 1.87. The third kappa shape index (κ3) is 2.27. The molecule has 96 valence electrons. The number of aromatic nitrogens is 4. The second-order valence-electron chi connectivity index (χ2n) is 4.90. The zero-order valence-electron chi connectivity index (χ0n) is 10.2. The Bertz CT molecular complexity index is 556. The second-order valence-corrected chi connectivity index (χ2v) is 5.29.